The molecule has 0 unspecified atom stereocenters. The predicted octanol–water partition coefficient (Wildman–Crippen LogP) is 3.76. The summed E-state index contributed by atoms with van der Waals surface area (Å²) in [7, 11) is 0. The van der Waals surface area contributed by atoms with Crippen molar-refractivity contribution >= 4 is 46.3 Å². The Morgan fingerprint density at radius 1 is 1.12 bits per heavy atom. The number of hydrogen-bond donors (Lipinski definition) is 2. The molecule has 0 atom stereocenters. The minimum atomic E-state index is -0.948. The number of fused-ring (bicyclic) bond motifs is 1. The number of hydrogen-bond acceptors (Lipinski definition) is 8. The zero-order chi connectivity index (χ0) is 23.4. The number of benzene rings is 1. The van der Waals surface area contributed by atoms with Crippen molar-refractivity contribution in [2.45, 2.75) is 6.54 Å². The standard InChI is InChI=1S/C22H15ClN6O4/c23-17-7-14(21-27-9-15(10-28-21)22(31)29-32)5-13-6-16(33-20(13)17)11-26-19(30)4-2-12-1-3-18(24)25-8-12/h1-10H,11H2,(H2,24,25)(H,26,30)/b4-2+. The molecule has 0 aliphatic rings. The topological polar surface area (TPSA) is 153 Å². The van der Waals surface area contributed by atoms with Crippen LogP contribution in [-0.2, 0) is 11.3 Å². The molecule has 3 N–H and O–H groups in total. The van der Waals surface area contributed by atoms with E-state index in [1.165, 1.54) is 18.5 Å². The Kier molecular flexibility index (Phi) is 6.18. The number of aromatic nitrogens is 3. The van der Waals surface area contributed by atoms with Crippen molar-refractivity contribution < 1.29 is 14.0 Å². The lowest BCUT2D eigenvalue weighted by Crippen LogP contribution is -2.19. The van der Waals surface area contributed by atoms with Crippen molar-refractivity contribution in [3.8, 4) is 11.4 Å². The van der Waals surface area contributed by atoms with Gasteiger partial charge in [0.2, 0.25) is 5.91 Å². The van der Waals surface area contributed by atoms with Crippen molar-refractivity contribution in [3.05, 3.63) is 81.8 Å². The molecular formula is C22H15ClN6O4. The molecule has 0 aliphatic carbocycles. The average Bonchev–Trinajstić information content (AvgIpc) is 3.26. The highest BCUT2D eigenvalue weighted by atomic mass is 35.5. The van der Waals surface area contributed by atoms with Crippen LogP contribution in [0.2, 0.25) is 5.02 Å². The molecule has 33 heavy (non-hydrogen) atoms. The summed E-state index contributed by atoms with van der Waals surface area (Å²) < 4.78 is 5.75. The molecule has 0 saturated heterocycles. The van der Waals surface area contributed by atoms with E-state index in [9.17, 15) is 14.5 Å². The van der Waals surface area contributed by atoms with E-state index in [0.29, 0.717) is 39.0 Å². The summed E-state index contributed by atoms with van der Waals surface area (Å²) in [4.78, 5) is 45.9. The fraction of sp³-hybridized carbons (Fsp3) is 0.0455. The van der Waals surface area contributed by atoms with E-state index >= 15 is 0 Å². The molecule has 4 aromatic rings. The predicted molar refractivity (Wildman–Crippen MR) is 122 cm³/mol. The van der Waals surface area contributed by atoms with Gasteiger partial charge in [-0.1, -0.05) is 11.6 Å². The molecule has 3 aromatic heterocycles. The average molecular weight is 463 g/mol. The number of anilines is 1. The zero-order valence-electron chi connectivity index (χ0n) is 16.9. The third-order valence-corrected chi connectivity index (χ3v) is 4.82. The summed E-state index contributed by atoms with van der Waals surface area (Å²) in [6.45, 7) is 0.148. The number of nitroso groups, excluding NO2 is 1. The van der Waals surface area contributed by atoms with Crippen molar-refractivity contribution in [2.75, 3.05) is 5.73 Å². The first-order valence-corrected chi connectivity index (χ1v) is 9.90. The Labute approximate surface area is 191 Å². The van der Waals surface area contributed by atoms with Gasteiger partial charge in [-0.2, -0.15) is 0 Å². The summed E-state index contributed by atoms with van der Waals surface area (Å²) in [5.41, 5.74) is 7.30. The Bertz CT molecular complexity index is 1380. The van der Waals surface area contributed by atoms with Gasteiger partial charge in [-0.15, -0.1) is 4.91 Å². The summed E-state index contributed by atoms with van der Waals surface area (Å²) in [6, 6.07) is 8.52. The smallest absolute Gasteiger partial charge is 0.319 e. The first kappa shape index (κ1) is 21.8. The molecule has 0 spiro atoms. The van der Waals surface area contributed by atoms with E-state index in [2.05, 4.69) is 25.4 Å². The number of nitrogens with one attached hydrogen (secondary N) is 1. The molecule has 2 amide bonds. The fourth-order valence-corrected chi connectivity index (χ4v) is 3.21. The molecule has 11 heteroatoms. The number of amides is 2. The van der Waals surface area contributed by atoms with Crippen molar-refractivity contribution in [3.63, 3.8) is 0 Å². The Morgan fingerprint density at radius 3 is 2.61 bits per heavy atom. The third-order valence-electron chi connectivity index (χ3n) is 4.54. The lowest BCUT2D eigenvalue weighted by Gasteiger charge is -2.02. The van der Waals surface area contributed by atoms with Crippen molar-refractivity contribution in [1.82, 2.24) is 20.3 Å². The van der Waals surface area contributed by atoms with Gasteiger partial charge in [0.15, 0.2) is 11.4 Å². The zero-order valence-corrected chi connectivity index (χ0v) is 17.6. The number of nitrogen functional groups attached to an aromatic ring is 1. The lowest BCUT2D eigenvalue weighted by molar-refractivity contribution is -0.116. The van der Waals surface area contributed by atoms with E-state index in [4.69, 9.17) is 21.8 Å². The van der Waals surface area contributed by atoms with Crippen LogP contribution in [0.25, 0.3) is 28.4 Å². The van der Waals surface area contributed by atoms with E-state index in [1.807, 2.05) is 0 Å². The van der Waals surface area contributed by atoms with E-state index in [0.717, 1.165) is 5.56 Å². The summed E-state index contributed by atoms with van der Waals surface area (Å²) >= 11 is 6.35. The Morgan fingerprint density at radius 2 is 1.91 bits per heavy atom. The highest BCUT2D eigenvalue weighted by Crippen LogP contribution is 2.31. The van der Waals surface area contributed by atoms with Gasteiger partial charge in [0.25, 0.3) is 0 Å². The number of furan rings is 1. The summed E-state index contributed by atoms with van der Waals surface area (Å²) in [5.74, 6) is -0.0564. The maximum absolute atomic E-state index is 12.1. The number of nitrogens with zero attached hydrogens (tertiary/aromatic N) is 4. The molecule has 0 saturated carbocycles. The number of pyridine rings is 1. The normalized spacial score (nSPS) is 11.1. The minimum Gasteiger partial charge on any atom is -0.458 e. The molecule has 10 nitrogen and oxygen atoms in total. The second-order valence-corrected chi connectivity index (χ2v) is 7.26. The van der Waals surface area contributed by atoms with Crippen LogP contribution >= 0.6 is 11.6 Å². The van der Waals surface area contributed by atoms with Gasteiger partial charge in [-0.3, -0.25) is 9.59 Å². The number of halogens is 1. The number of carbonyl (C=O) groups excluding carboxylic acids is 2. The van der Waals surface area contributed by atoms with Crippen LogP contribution < -0.4 is 11.1 Å². The maximum Gasteiger partial charge on any atom is 0.319 e. The van der Waals surface area contributed by atoms with Crippen molar-refractivity contribution in [2.24, 2.45) is 5.18 Å². The molecule has 1 aromatic carbocycles. The molecule has 0 aliphatic heterocycles. The monoisotopic (exact) mass is 462 g/mol. The van der Waals surface area contributed by atoms with Crippen LogP contribution in [0.15, 0.2) is 64.6 Å². The number of rotatable bonds is 6. The van der Waals surface area contributed by atoms with E-state index in [-0.39, 0.29) is 18.0 Å². The Hall–Kier alpha value is -4.44. The van der Waals surface area contributed by atoms with Crippen LogP contribution in [0.3, 0.4) is 0 Å². The largest absolute Gasteiger partial charge is 0.458 e. The van der Waals surface area contributed by atoms with Gasteiger partial charge < -0.3 is 15.5 Å². The third kappa shape index (κ3) is 5.08. The second-order valence-electron chi connectivity index (χ2n) is 6.85. The molecular weight excluding hydrogens is 448 g/mol. The van der Waals surface area contributed by atoms with Gasteiger partial charge in [0, 0.05) is 40.8 Å². The summed E-state index contributed by atoms with van der Waals surface area (Å²) in [6.07, 6.45) is 7.00. The minimum absolute atomic E-state index is 0.0102. The van der Waals surface area contributed by atoms with Gasteiger partial charge in [-0.25, -0.2) is 15.0 Å². The fourth-order valence-electron chi connectivity index (χ4n) is 2.94. The van der Waals surface area contributed by atoms with Crippen molar-refractivity contribution in [1.29, 1.82) is 0 Å². The van der Waals surface area contributed by atoms with Gasteiger partial charge in [0.05, 0.1) is 17.1 Å². The van der Waals surface area contributed by atoms with Gasteiger partial charge in [-0.05, 0) is 42.0 Å². The molecule has 0 bridgehead atoms. The van der Waals surface area contributed by atoms with Crippen LogP contribution in [0.1, 0.15) is 21.7 Å². The second kappa shape index (κ2) is 9.37. The van der Waals surface area contributed by atoms with Crippen LogP contribution in [0.5, 0.6) is 0 Å². The lowest BCUT2D eigenvalue weighted by atomic mass is 10.1. The van der Waals surface area contributed by atoms with Crippen LogP contribution in [0.4, 0.5) is 5.82 Å². The van der Waals surface area contributed by atoms with E-state index < -0.39 is 5.91 Å². The molecule has 0 radical (unpaired) electrons. The molecule has 0 fully saturated rings. The quantitative estimate of drug-likeness (QED) is 0.324. The van der Waals surface area contributed by atoms with Crippen LogP contribution in [0, 0.1) is 4.91 Å². The first-order chi connectivity index (χ1) is 15.9. The molecule has 164 valence electrons. The first-order valence-electron chi connectivity index (χ1n) is 9.52. The highest BCUT2D eigenvalue weighted by Gasteiger charge is 2.13. The number of nitrogens with two attached hydrogens (primary N) is 1. The summed E-state index contributed by atoms with van der Waals surface area (Å²) in [5, 5.41) is 6.08. The Balaban J connectivity index is 1.47. The maximum atomic E-state index is 12.1. The SMILES string of the molecule is Nc1ccc(/C=C/C(=O)NCc2cc3cc(-c4ncc(C(=O)N=O)cn4)cc(Cl)c3o2)cn1. The number of carbonyl (C=O) groups is 2. The highest BCUT2D eigenvalue weighted by molar-refractivity contribution is 6.35. The molecule has 4 rings (SSSR count). The van der Waals surface area contributed by atoms with Gasteiger partial charge >= 0.3 is 5.91 Å². The van der Waals surface area contributed by atoms with Crippen LogP contribution in [-0.4, -0.2) is 26.8 Å². The molecule has 3 heterocycles. The van der Waals surface area contributed by atoms with E-state index in [1.54, 1.807) is 42.6 Å². The van der Waals surface area contributed by atoms with Gasteiger partial charge in [0.1, 0.15) is 11.6 Å².